The third-order valence-electron chi connectivity index (χ3n) is 5.62. The van der Waals surface area contributed by atoms with Gasteiger partial charge in [-0.1, -0.05) is 0 Å². The Morgan fingerprint density at radius 2 is 2.00 bits per heavy atom. The van der Waals surface area contributed by atoms with Crippen molar-refractivity contribution < 1.29 is 9.59 Å². The monoisotopic (exact) mass is 408 g/mol. The van der Waals surface area contributed by atoms with Gasteiger partial charge >= 0.3 is 0 Å². The average molecular weight is 408 g/mol. The Bertz CT molecular complexity index is 1110. The highest BCUT2D eigenvalue weighted by Gasteiger charge is 2.26. The predicted octanol–water partition coefficient (Wildman–Crippen LogP) is 1.46. The van der Waals surface area contributed by atoms with Gasteiger partial charge in [-0.15, -0.1) is 5.10 Å². The van der Waals surface area contributed by atoms with E-state index in [-0.39, 0.29) is 17.2 Å². The minimum absolute atomic E-state index is 0.224. The zero-order valence-electron chi connectivity index (χ0n) is 16.8. The summed E-state index contributed by atoms with van der Waals surface area (Å²) in [6.45, 7) is 2.57. The van der Waals surface area contributed by atoms with Crippen molar-refractivity contribution in [3.8, 4) is 0 Å². The number of aromatic nitrogens is 5. The van der Waals surface area contributed by atoms with Crippen LogP contribution in [-0.4, -0.2) is 55.8 Å². The first kappa shape index (κ1) is 18.6. The lowest BCUT2D eigenvalue weighted by atomic mass is 10.2. The third-order valence-corrected chi connectivity index (χ3v) is 5.62. The van der Waals surface area contributed by atoms with E-state index in [9.17, 15) is 9.59 Å². The van der Waals surface area contributed by atoms with Crippen molar-refractivity contribution in [1.82, 2.24) is 29.7 Å². The van der Waals surface area contributed by atoms with Gasteiger partial charge in [0, 0.05) is 44.6 Å². The topological polar surface area (TPSA) is 109 Å². The van der Waals surface area contributed by atoms with Crippen LogP contribution in [-0.2, 0) is 7.05 Å². The number of nitrogens with one attached hydrogen (secondary N) is 2. The molecule has 2 N–H and O–H groups in total. The van der Waals surface area contributed by atoms with Crippen LogP contribution in [0.3, 0.4) is 0 Å². The number of carbonyl (C=O) groups is 2. The van der Waals surface area contributed by atoms with E-state index in [1.807, 2.05) is 0 Å². The molecule has 1 saturated carbocycles. The molecule has 5 rings (SSSR count). The second-order valence-corrected chi connectivity index (χ2v) is 7.96. The lowest BCUT2D eigenvalue weighted by Crippen LogP contribution is -2.28. The van der Waals surface area contributed by atoms with Crippen molar-refractivity contribution in [2.75, 3.05) is 29.9 Å². The van der Waals surface area contributed by atoms with Crippen LogP contribution in [0.2, 0.25) is 0 Å². The van der Waals surface area contributed by atoms with Gasteiger partial charge in [0.1, 0.15) is 5.69 Å². The van der Waals surface area contributed by atoms with E-state index in [2.05, 4.69) is 30.7 Å². The largest absolute Gasteiger partial charge is 0.352 e. The molecule has 3 aromatic rings. The van der Waals surface area contributed by atoms with Crippen molar-refractivity contribution in [3.05, 3.63) is 35.8 Å². The van der Waals surface area contributed by atoms with Crippen LogP contribution >= 0.6 is 0 Å². The molecule has 10 nitrogen and oxygen atoms in total. The number of amides is 2. The van der Waals surface area contributed by atoms with Gasteiger partial charge in [-0.05, 0) is 37.7 Å². The summed E-state index contributed by atoms with van der Waals surface area (Å²) < 4.78 is 3.12. The van der Waals surface area contributed by atoms with Crippen molar-refractivity contribution in [1.29, 1.82) is 0 Å². The summed E-state index contributed by atoms with van der Waals surface area (Å²) in [5.74, 6) is 0.596. The smallest absolute Gasteiger partial charge is 0.274 e. The molecule has 4 heterocycles. The SMILES string of the molecule is Cn1ncc(C(=O)NCC2CC2)c1C(=O)Nc1ccn2nc(N3CCCC3)nc2c1. The lowest BCUT2D eigenvalue weighted by Gasteiger charge is -2.10. The minimum atomic E-state index is -0.393. The quantitative estimate of drug-likeness (QED) is 0.639. The number of pyridine rings is 1. The molecule has 1 aliphatic carbocycles. The van der Waals surface area contributed by atoms with Crippen LogP contribution in [0.4, 0.5) is 11.6 Å². The van der Waals surface area contributed by atoms with E-state index in [0.29, 0.717) is 29.7 Å². The summed E-state index contributed by atoms with van der Waals surface area (Å²) >= 11 is 0. The van der Waals surface area contributed by atoms with Gasteiger partial charge < -0.3 is 15.5 Å². The van der Waals surface area contributed by atoms with Crippen LogP contribution in [0.15, 0.2) is 24.5 Å². The average Bonchev–Trinajstić information content (AvgIpc) is 3.10. The molecule has 0 aromatic carbocycles. The highest BCUT2D eigenvalue weighted by Crippen LogP contribution is 2.27. The summed E-state index contributed by atoms with van der Waals surface area (Å²) in [7, 11) is 1.65. The van der Waals surface area contributed by atoms with Gasteiger partial charge in [-0.3, -0.25) is 14.3 Å². The Balaban J connectivity index is 1.34. The maximum absolute atomic E-state index is 12.9. The lowest BCUT2D eigenvalue weighted by molar-refractivity contribution is 0.0937. The first-order chi connectivity index (χ1) is 14.6. The summed E-state index contributed by atoms with van der Waals surface area (Å²) in [4.78, 5) is 32.2. The fraction of sp³-hybridized carbons (Fsp3) is 0.450. The minimum Gasteiger partial charge on any atom is -0.352 e. The highest BCUT2D eigenvalue weighted by molar-refractivity contribution is 6.11. The zero-order chi connectivity index (χ0) is 20.7. The molecule has 0 atom stereocenters. The number of anilines is 2. The molecule has 1 saturated heterocycles. The third kappa shape index (κ3) is 3.60. The molecule has 0 bridgehead atoms. The van der Waals surface area contributed by atoms with Crippen LogP contribution < -0.4 is 15.5 Å². The second kappa shape index (κ2) is 7.43. The Kier molecular flexibility index (Phi) is 4.61. The molecule has 2 fully saturated rings. The van der Waals surface area contributed by atoms with Crippen molar-refractivity contribution in [2.45, 2.75) is 25.7 Å². The van der Waals surface area contributed by atoms with Crippen LogP contribution in [0, 0.1) is 5.92 Å². The standard InChI is InChI=1S/C20H24N8O2/c1-26-17(15(12-22-26)18(29)21-11-13-4-5-13)19(30)23-14-6-9-28-16(10-14)24-20(25-28)27-7-2-3-8-27/h6,9-10,12-13H,2-5,7-8,11H2,1H3,(H,21,29)(H,23,30). The van der Waals surface area contributed by atoms with E-state index in [1.54, 1.807) is 29.9 Å². The Morgan fingerprint density at radius 1 is 1.20 bits per heavy atom. The Labute approximate surface area is 173 Å². The molecule has 1 aliphatic heterocycles. The normalized spacial score (nSPS) is 16.2. The van der Waals surface area contributed by atoms with Crippen molar-refractivity contribution in [2.24, 2.45) is 13.0 Å². The number of carbonyl (C=O) groups excluding carboxylic acids is 2. The van der Waals surface area contributed by atoms with E-state index < -0.39 is 5.91 Å². The number of rotatable bonds is 6. The van der Waals surface area contributed by atoms with E-state index in [0.717, 1.165) is 38.8 Å². The van der Waals surface area contributed by atoms with Crippen molar-refractivity contribution in [3.63, 3.8) is 0 Å². The highest BCUT2D eigenvalue weighted by atomic mass is 16.2. The van der Waals surface area contributed by atoms with Gasteiger partial charge in [0.25, 0.3) is 11.8 Å². The maximum Gasteiger partial charge on any atom is 0.274 e. The summed E-state index contributed by atoms with van der Waals surface area (Å²) in [6.07, 6.45) is 7.79. The van der Waals surface area contributed by atoms with Gasteiger partial charge in [0.2, 0.25) is 5.95 Å². The molecule has 0 unspecified atom stereocenters. The molecule has 0 radical (unpaired) electrons. The number of fused-ring (bicyclic) bond motifs is 1. The van der Waals surface area contributed by atoms with E-state index in [4.69, 9.17) is 0 Å². The maximum atomic E-state index is 12.9. The molecule has 3 aromatic heterocycles. The van der Waals surface area contributed by atoms with Gasteiger partial charge in [-0.2, -0.15) is 10.1 Å². The molecular formula is C20H24N8O2. The van der Waals surface area contributed by atoms with Crippen LogP contribution in [0.1, 0.15) is 46.5 Å². The fourth-order valence-corrected chi connectivity index (χ4v) is 3.72. The number of aryl methyl sites for hydroxylation is 1. The molecule has 30 heavy (non-hydrogen) atoms. The van der Waals surface area contributed by atoms with E-state index >= 15 is 0 Å². The van der Waals surface area contributed by atoms with Crippen molar-refractivity contribution >= 4 is 29.1 Å². The summed E-state index contributed by atoms with van der Waals surface area (Å²) in [6, 6.07) is 3.53. The van der Waals surface area contributed by atoms with Crippen LogP contribution in [0.25, 0.3) is 5.65 Å². The molecule has 2 amide bonds. The van der Waals surface area contributed by atoms with Gasteiger partial charge in [-0.25, -0.2) is 4.52 Å². The first-order valence-corrected chi connectivity index (χ1v) is 10.3. The molecular weight excluding hydrogens is 384 g/mol. The van der Waals surface area contributed by atoms with Gasteiger partial charge in [0.15, 0.2) is 5.65 Å². The summed E-state index contributed by atoms with van der Waals surface area (Å²) in [5, 5.41) is 14.4. The molecule has 2 aliphatic rings. The summed E-state index contributed by atoms with van der Waals surface area (Å²) in [5.41, 5.74) is 1.73. The Hall–Kier alpha value is -3.43. The second-order valence-electron chi connectivity index (χ2n) is 7.96. The fourth-order valence-electron chi connectivity index (χ4n) is 3.72. The van der Waals surface area contributed by atoms with E-state index in [1.165, 1.54) is 10.9 Å². The first-order valence-electron chi connectivity index (χ1n) is 10.3. The zero-order valence-corrected chi connectivity index (χ0v) is 16.8. The number of hydrogen-bond acceptors (Lipinski definition) is 6. The molecule has 0 spiro atoms. The predicted molar refractivity (Wildman–Crippen MR) is 111 cm³/mol. The van der Waals surface area contributed by atoms with Crippen LogP contribution in [0.5, 0.6) is 0 Å². The number of hydrogen-bond donors (Lipinski definition) is 2. The number of nitrogens with zero attached hydrogens (tertiary/aromatic N) is 6. The Morgan fingerprint density at radius 3 is 2.77 bits per heavy atom. The molecule has 156 valence electrons. The molecule has 10 heteroatoms. The van der Waals surface area contributed by atoms with Gasteiger partial charge in [0.05, 0.1) is 11.8 Å².